The Morgan fingerprint density at radius 1 is 1.00 bits per heavy atom. The number of amides is 1. The van der Waals surface area contributed by atoms with Gasteiger partial charge in [0.25, 0.3) is 5.91 Å². The number of aryl methyl sites for hydroxylation is 1. The quantitative estimate of drug-likeness (QED) is 0.411. The number of aromatic nitrogens is 2. The van der Waals surface area contributed by atoms with Gasteiger partial charge >= 0.3 is 0 Å². The zero-order chi connectivity index (χ0) is 24.1. The molecule has 0 bridgehead atoms. The van der Waals surface area contributed by atoms with E-state index in [9.17, 15) is 9.18 Å². The molecule has 0 saturated carbocycles. The molecule has 2 atom stereocenters. The summed E-state index contributed by atoms with van der Waals surface area (Å²) >= 11 is 0. The van der Waals surface area contributed by atoms with Gasteiger partial charge in [-0.3, -0.25) is 9.78 Å². The fourth-order valence-electron chi connectivity index (χ4n) is 5.28. The predicted octanol–water partition coefficient (Wildman–Crippen LogP) is 5.23. The topological polar surface area (TPSA) is 49.3 Å². The first-order valence-electron chi connectivity index (χ1n) is 11.8. The maximum absolute atomic E-state index is 15.4. The van der Waals surface area contributed by atoms with Crippen molar-refractivity contribution in [3.05, 3.63) is 89.6 Å². The second-order valence-corrected chi connectivity index (χ2v) is 9.34. The maximum atomic E-state index is 15.4. The summed E-state index contributed by atoms with van der Waals surface area (Å²) in [5, 5.41) is 0. The molecule has 2 aliphatic heterocycles. The van der Waals surface area contributed by atoms with E-state index >= 15 is 4.39 Å². The molecule has 0 radical (unpaired) electrons. The van der Waals surface area contributed by atoms with E-state index in [-0.39, 0.29) is 23.0 Å². The Kier molecular flexibility index (Phi) is 5.20. The van der Waals surface area contributed by atoms with Gasteiger partial charge in [-0.15, -0.1) is 0 Å². The Morgan fingerprint density at radius 2 is 1.83 bits per heavy atom. The van der Waals surface area contributed by atoms with Crippen LogP contribution in [0.25, 0.3) is 22.2 Å². The number of rotatable bonds is 3. The average molecular weight is 471 g/mol. The van der Waals surface area contributed by atoms with Crippen LogP contribution in [0.5, 0.6) is 0 Å². The highest BCUT2D eigenvalue weighted by molar-refractivity contribution is 6.01. The van der Waals surface area contributed by atoms with Gasteiger partial charge in [-0.2, -0.15) is 0 Å². The number of carbonyl (C=O) groups is 1. The number of piperidine rings is 1. The van der Waals surface area contributed by atoms with E-state index in [1.807, 2.05) is 36.4 Å². The van der Waals surface area contributed by atoms with Gasteiger partial charge in [-0.05, 0) is 42.2 Å². The van der Waals surface area contributed by atoms with Crippen LogP contribution in [0.1, 0.15) is 22.3 Å². The van der Waals surface area contributed by atoms with Crippen LogP contribution in [-0.4, -0.2) is 46.5 Å². The standard InChI is InChI=1S/C28H24F2N4O/c1-17-10-11-20(18-6-3-2-4-7-18)25(26(17)30)28(35)33-13-12-19-15-34(23(19)16-33)24-14-31-22-9-5-8-21(29)27(22)32-24/h2-11,14,19,23H,12-13,15-16H2,1H3/t19?,23-/m0/s1. The van der Waals surface area contributed by atoms with E-state index in [4.69, 9.17) is 0 Å². The summed E-state index contributed by atoms with van der Waals surface area (Å²) in [4.78, 5) is 26.4. The normalized spacial score (nSPS) is 19.4. The lowest BCUT2D eigenvalue weighted by molar-refractivity contribution is 0.0587. The number of anilines is 1. The number of fused-ring (bicyclic) bond motifs is 2. The first-order chi connectivity index (χ1) is 17.0. The molecule has 5 nitrogen and oxygen atoms in total. The van der Waals surface area contributed by atoms with Gasteiger partial charge in [0.05, 0.1) is 23.3 Å². The summed E-state index contributed by atoms with van der Waals surface area (Å²) in [6, 6.07) is 17.7. The van der Waals surface area contributed by atoms with Crippen molar-refractivity contribution in [3.8, 4) is 11.1 Å². The molecule has 176 valence electrons. The molecule has 6 rings (SSSR count). The lowest BCUT2D eigenvalue weighted by Gasteiger charge is -2.54. The van der Waals surface area contributed by atoms with Crippen LogP contribution < -0.4 is 4.90 Å². The summed E-state index contributed by atoms with van der Waals surface area (Å²) in [5.41, 5.74) is 2.72. The number of para-hydroxylation sites is 1. The highest BCUT2D eigenvalue weighted by atomic mass is 19.1. The van der Waals surface area contributed by atoms with E-state index in [2.05, 4.69) is 14.9 Å². The Hall–Kier alpha value is -3.87. The number of carbonyl (C=O) groups excluding carboxylic acids is 1. The highest BCUT2D eigenvalue weighted by Crippen LogP contribution is 2.37. The first-order valence-corrected chi connectivity index (χ1v) is 11.8. The van der Waals surface area contributed by atoms with E-state index < -0.39 is 11.6 Å². The summed E-state index contributed by atoms with van der Waals surface area (Å²) in [6.45, 7) is 3.50. The van der Waals surface area contributed by atoms with Gasteiger partial charge in [0, 0.05) is 25.6 Å². The number of likely N-dealkylation sites (tertiary alicyclic amines) is 1. The molecule has 1 amide bonds. The fourth-order valence-corrected chi connectivity index (χ4v) is 5.28. The Labute approximate surface area is 202 Å². The number of hydrogen-bond acceptors (Lipinski definition) is 4. The minimum absolute atomic E-state index is 0.0410. The van der Waals surface area contributed by atoms with Crippen LogP contribution in [0.2, 0.25) is 0 Å². The number of hydrogen-bond donors (Lipinski definition) is 0. The summed E-state index contributed by atoms with van der Waals surface area (Å²) < 4.78 is 29.6. The minimum Gasteiger partial charge on any atom is -0.350 e. The molecule has 0 N–H and O–H groups in total. The number of benzene rings is 3. The summed E-state index contributed by atoms with van der Waals surface area (Å²) in [5.74, 6) is -0.165. The van der Waals surface area contributed by atoms with Gasteiger partial charge in [0.1, 0.15) is 17.2 Å². The molecule has 3 heterocycles. The maximum Gasteiger partial charge on any atom is 0.257 e. The van der Waals surface area contributed by atoms with Gasteiger partial charge in [0.15, 0.2) is 5.82 Å². The third kappa shape index (κ3) is 3.62. The van der Waals surface area contributed by atoms with Crippen molar-refractivity contribution in [2.75, 3.05) is 24.5 Å². The van der Waals surface area contributed by atoms with E-state index in [1.165, 1.54) is 6.07 Å². The predicted molar refractivity (Wildman–Crippen MR) is 131 cm³/mol. The van der Waals surface area contributed by atoms with Crippen molar-refractivity contribution in [3.63, 3.8) is 0 Å². The molecule has 2 fully saturated rings. The van der Waals surface area contributed by atoms with Crippen LogP contribution >= 0.6 is 0 Å². The second-order valence-electron chi connectivity index (χ2n) is 9.34. The molecule has 35 heavy (non-hydrogen) atoms. The highest BCUT2D eigenvalue weighted by Gasteiger charge is 2.45. The lowest BCUT2D eigenvalue weighted by Crippen LogP contribution is -2.65. The molecule has 1 unspecified atom stereocenters. The number of nitrogens with zero attached hydrogens (tertiary/aromatic N) is 4. The summed E-state index contributed by atoms with van der Waals surface area (Å²) in [6.07, 6.45) is 2.49. The molecule has 2 saturated heterocycles. The molecule has 3 aromatic carbocycles. The zero-order valence-electron chi connectivity index (χ0n) is 19.3. The summed E-state index contributed by atoms with van der Waals surface area (Å²) in [7, 11) is 0. The van der Waals surface area contributed by atoms with Gasteiger partial charge in [0.2, 0.25) is 0 Å². The first kappa shape index (κ1) is 21.6. The van der Waals surface area contributed by atoms with Crippen molar-refractivity contribution >= 4 is 22.8 Å². The molecule has 2 aliphatic rings. The van der Waals surface area contributed by atoms with E-state index in [1.54, 1.807) is 36.2 Å². The smallest absolute Gasteiger partial charge is 0.257 e. The van der Waals surface area contributed by atoms with Crippen molar-refractivity contribution in [1.29, 1.82) is 0 Å². The monoisotopic (exact) mass is 470 g/mol. The van der Waals surface area contributed by atoms with E-state index in [0.29, 0.717) is 41.5 Å². The molecule has 1 aromatic heterocycles. The number of halogens is 2. The van der Waals surface area contributed by atoms with Crippen LogP contribution in [-0.2, 0) is 0 Å². The Balaban J connectivity index is 1.30. The molecule has 7 heteroatoms. The van der Waals surface area contributed by atoms with Gasteiger partial charge in [-0.1, -0.05) is 48.5 Å². The van der Waals surface area contributed by atoms with Crippen LogP contribution in [0.3, 0.4) is 0 Å². The van der Waals surface area contributed by atoms with Crippen molar-refractivity contribution in [1.82, 2.24) is 14.9 Å². The largest absolute Gasteiger partial charge is 0.350 e. The zero-order valence-corrected chi connectivity index (χ0v) is 19.3. The third-order valence-corrected chi connectivity index (χ3v) is 7.28. The SMILES string of the molecule is Cc1ccc(-c2ccccc2)c(C(=O)N2CCC3CN(c4cnc5cccc(F)c5n4)[C@H]3C2)c1F. The van der Waals surface area contributed by atoms with Gasteiger partial charge < -0.3 is 9.80 Å². The third-order valence-electron chi connectivity index (χ3n) is 7.28. The fraction of sp³-hybridized carbons (Fsp3) is 0.250. The van der Waals surface area contributed by atoms with Gasteiger partial charge in [-0.25, -0.2) is 13.8 Å². The van der Waals surface area contributed by atoms with Crippen molar-refractivity contribution in [2.24, 2.45) is 5.92 Å². The minimum atomic E-state index is -0.472. The molecule has 0 aliphatic carbocycles. The second kappa shape index (κ2) is 8.41. The molecular weight excluding hydrogens is 446 g/mol. The van der Waals surface area contributed by atoms with Crippen molar-refractivity contribution in [2.45, 2.75) is 19.4 Å². The Bertz CT molecular complexity index is 1440. The molecule has 0 spiro atoms. The van der Waals surface area contributed by atoms with Crippen LogP contribution in [0.4, 0.5) is 14.6 Å². The van der Waals surface area contributed by atoms with Crippen molar-refractivity contribution < 1.29 is 13.6 Å². The van der Waals surface area contributed by atoms with E-state index in [0.717, 1.165) is 18.5 Å². The molecular formula is C28H24F2N4O. The Morgan fingerprint density at radius 3 is 2.66 bits per heavy atom. The average Bonchev–Trinajstić information content (AvgIpc) is 2.87. The van der Waals surface area contributed by atoms with Crippen LogP contribution in [0.15, 0.2) is 66.9 Å². The lowest BCUT2D eigenvalue weighted by atomic mass is 9.82. The molecule has 4 aromatic rings. The van der Waals surface area contributed by atoms with Crippen LogP contribution in [0, 0.1) is 24.5 Å².